The molecule has 0 aromatic carbocycles. The second kappa shape index (κ2) is 5.86. The predicted octanol–water partition coefficient (Wildman–Crippen LogP) is 2.45. The molecule has 1 heterocycles. The van der Waals surface area contributed by atoms with Gasteiger partial charge in [0.1, 0.15) is 0 Å². The van der Waals surface area contributed by atoms with Crippen molar-refractivity contribution in [3.05, 3.63) is 0 Å². The van der Waals surface area contributed by atoms with Crippen molar-refractivity contribution in [3.8, 4) is 0 Å². The average Bonchev–Trinajstić information content (AvgIpc) is 2.07. The van der Waals surface area contributed by atoms with E-state index in [1.165, 1.54) is 32.6 Å². The summed E-state index contributed by atoms with van der Waals surface area (Å²) in [5.41, 5.74) is 0. The van der Waals surface area contributed by atoms with Gasteiger partial charge in [0.2, 0.25) is 0 Å². The van der Waals surface area contributed by atoms with Crippen molar-refractivity contribution in [1.29, 1.82) is 0 Å². The Kier molecular flexibility index (Phi) is 5.07. The molecule has 0 radical (unpaired) electrons. The first kappa shape index (κ1) is 13.0. The van der Waals surface area contributed by atoms with Crippen molar-refractivity contribution >= 4 is 0 Å². The Balaban J connectivity index is 2.24. The lowest BCUT2D eigenvalue weighted by atomic mass is 9.98. The molecule has 1 aliphatic rings. The lowest BCUT2D eigenvalue weighted by Crippen LogP contribution is -2.53. The molecule has 0 saturated carbocycles. The maximum atomic E-state index is 2.62. The van der Waals surface area contributed by atoms with Crippen LogP contribution in [0, 0.1) is 5.92 Å². The van der Waals surface area contributed by atoms with Crippen LogP contribution in [0.5, 0.6) is 0 Å². The summed E-state index contributed by atoms with van der Waals surface area (Å²) in [4.78, 5) is 5.19. The van der Waals surface area contributed by atoms with E-state index in [4.69, 9.17) is 0 Å². The number of hydrogen-bond acceptors (Lipinski definition) is 2. The zero-order chi connectivity index (χ0) is 11.4. The largest absolute Gasteiger partial charge is 0.303 e. The van der Waals surface area contributed by atoms with Crippen LogP contribution in [0.4, 0.5) is 0 Å². The van der Waals surface area contributed by atoms with Gasteiger partial charge in [0, 0.05) is 31.7 Å². The van der Waals surface area contributed by atoms with Gasteiger partial charge in [0.15, 0.2) is 0 Å². The smallest absolute Gasteiger partial charge is 0.00414 e. The SMILES string of the molecule is CCCN1CC(CN(C(C)C)C(C)C)C1. The van der Waals surface area contributed by atoms with Crippen LogP contribution in [0.15, 0.2) is 0 Å². The maximum Gasteiger partial charge on any atom is 0.00414 e. The van der Waals surface area contributed by atoms with E-state index in [0.29, 0.717) is 12.1 Å². The molecule has 1 saturated heterocycles. The van der Waals surface area contributed by atoms with Crippen LogP contribution in [0.25, 0.3) is 0 Å². The van der Waals surface area contributed by atoms with Crippen LogP contribution < -0.4 is 0 Å². The number of nitrogens with zero attached hydrogens (tertiary/aromatic N) is 2. The summed E-state index contributed by atoms with van der Waals surface area (Å²) in [5, 5.41) is 0. The fraction of sp³-hybridized carbons (Fsp3) is 1.00. The second-order valence-electron chi connectivity index (χ2n) is 5.51. The van der Waals surface area contributed by atoms with Crippen molar-refractivity contribution in [2.45, 2.75) is 53.1 Å². The van der Waals surface area contributed by atoms with Gasteiger partial charge in [-0.25, -0.2) is 0 Å². The number of rotatable bonds is 6. The second-order valence-corrected chi connectivity index (χ2v) is 5.51. The van der Waals surface area contributed by atoms with E-state index in [1.807, 2.05) is 0 Å². The summed E-state index contributed by atoms with van der Waals surface area (Å²) in [7, 11) is 0. The van der Waals surface area contributed by atoms with Gasteiger partial charge in [-0.15, -0.1) is 0 Å². The first-order valence-corrected chi connectivity index (χ1v) is 6.52. The molecule has 0 aliphatic carbocycles. The minimum atomic E-state index is 0.685. The Morgan fingerprint density at radius 1 is 1.13 bits per heavy atom. The zero-order valence-electron chi connectivity index (χ0n) is 11.2. The third-order valence-electron chi connectivity index (χ3n) is 3.37. The quantitative estimate of drug-likeness (QED) is 0.667. The predicted molar refractivity (Wildman–Crippen MR) is 67.2 cm³/mol. The normalized spacial score (nSPS) is 19.2. The number of likely N-dealkylation sites (tertiary alicyclic amines) is 1. The van der Waals surface area contributed by atoms with Gasteiger partial charge in [-0.3, -0.25) is 4.90 Å². The topological polar surface area (TPSA) is 6.48 Å². The highest BCUT2D eigenvalue weighted by atomic mass is 15.2. The van der Waals surface area contributed by atoms with E-state index < -0.39 is 0 Å². The highest BCUT2D eigenvalue weighted by molar-refractivity contribution is 4.83. The van der Waals surface area contributed by atoms with Crippen LogP contribution in [0.2, 0.25) is 0 Å². The summed E-state index contributed by atoms with van der Waals surface area (Å²) in [5.74, 6) is 0.918. The van der Waals surface area contributed by atoms with Gasteiger partial charge < -0.3 is 4.90 Å². The average molecular weight is 212 g/mol. The van der Waals surface area contributed by atoms with Crippen LogP contribution in [0.1, 0.15) is 41.0 Å². The molecule has 0 aromatic heterocycles. The summed E-state index contributed by atoms with van der Waals surface area (Å²) >= 11 is 0. The van der Waals surface area contributed by atoms with E-state index in [1.54, 1.807) is 0 Å². The van der Waals surface area contributed by atoms with Gasteiger partial charge in [-0.1, -0.05) is 6.92 Å². The van der Waals surface area contributed by atoms with E-state index >= 15 is 0 Å². The Morgan fingerprint density at radius 2 is 1.67 bits per heavy atom. The zero-order valence-corrected chi connectivity index (χ0v) is 11.2. The summed E-state index contributed by atoms with van der Waals surface area (Å²) in [6.07, 6.45) is 1.30. The van der Waals surface area contributed by atoms with Gasteiger partial charge in [0.05, 0.1) is 0 Å². The summed E-state index contributed by atoms with van der Waals surface area (Å²) < 4.78 is 0. The molecule has 0 N–H and O–H groups in total. The van der Waals surface area contributed by atoms with E-state index in [2.05, 4.69) is 44.4 Å². The molecule has 0 aromatic rings. The van der Waals surface area contributed by atoms with Crippen molar-refractivity contribution in [2.75, 3.05) is 26.2 Å². The highest BCUT2D eigenvalue weighted by Crippen LogP contribution is 2.19. The lowest BCUT2D eigenvalue weighted by molar-refractivity contribution is 0.0457. The molecule has 1 rings (SSSR count). The third-order valence-corrected chi connectivity index (χ3v) is 3.37. The summed E-state index contributed by atoms with van der Waals surface area (Å²) in [6.45, 7) is 16.7. The molecule has 0 bridgehead atoms. The molecule has 90 valence electrons. The van der Waals surface area contributed by atoms with Crippen molar-refractivity contribution in [1.82, 2.24) is 9.80 Å². The van der Waals surface area contributed by atoms with Crippen LogP contribution in [-0.4, -0.2) is 48.1 Å². The molecule has 0 unspecified atom stereocenters. The van der Waals surface area contributed by atoms with E-state index in [-0.39, 0.29) is 0 Å². The Bertz CT molecular complexity index is 163. The molecule has 1 aliphatic heterocycles. The molecular weight excluding hydrogens is 184 g/mol. The molecule has 1 fully saturated rings. The van der Waals surface area contributed by atoms with Crippen molar-refractivity contribution in [3.63, 3.8) is 0 Å². The minimum absolute atomic E-state index is 0.685. The van der Waals surface area contributed by atoms with Crippen LogP contribution in [0.3, 0.4) is 0 Å². The fourth-order valence-corrected chi connectivity index (χ4v) is 2.61. The lowest BCUT2D eigenvalue weighted by Gasteiger charge is -2.43. The Labute approximate surface area is 95.6 Å². The standard InChI is InChI=1S/C13H28N2/c1-6-7-14-8-13(9-14)10-15(11(2)3)12(4)5/h11-13H,6-10H2,1-5H3. The number of hydrogen-bond donors (Lipinski definition) is 0. The molecule has 15 heavy (non-hydrogen) atoms. The summed E-state index contributed by atoms with van der Waals surface area (Å²) in [6, 6.07) is 1.37. The van der Waals surface area contributed by atoms with Crippen molar-refractivity contribution in [2.24, 2.45) is 5.92 Å². The molecule has 0 atom stereocenters. The van der Waals surface area contributed by atoms with Gasteiger partial charge in [-0.05, 0) is 46.6 Å². The van der Waals surface area contributed by atoms with Crippen LogP contribution in [-0.2, 0) is 0 Å². The van der Waals surface area contributed by atoms with Crippen LogP contribution >= 0.6 is 0 Å². The van der Waals surface area contributed by atoms with Gasteiger partial charge in [-0.2, -0.15) is 0 Å². The monoisotopic (exact) mass is 212 g/mol. The fourth-order valence-electron chi connectivity index (χ4n) is 2.61. The first-order chi connectivity index (χ1) is 7.04. The maximum absolute atomic E-state index is 2.62. The van der Waals surface area contributed by atoms with E-state index in [0.717, 1.165) is 5.92 Å². The van der Waals surface area contributed by atoms with Crippen molar-refractivity contribution < 1.29 is 0 Å². The molecular formula is C13H28N2. The molecule has 0 spiro atoms. The first-order valence-electron chi connectivity index (χ1n) is 6.52. The Morgan fingerprint density at radius 3 is 2.07 bits per heavy atom. The molecule has 0 amide bonds. The van der Waals surface area contributed by atoms with E-state index in [9.17, 15) is 0 Å². The molecule has 2 heteroatoms. The van der Waals surface area contributed by atoms with Gasteiger partial charge in [0.25, 0.3) is 0 Å². The molecule has 2 nitrogen and oxygen atoms in total. The third kappa shape index (κ3) is 3.76. The minimum Gasteiger partial charge on any atom is -0.303 e. The Hall–Kier alpha value is -0.0800. The highest BCUT2D eigenvalue weighted by Gasteiger charge is 2.28. The van der Waals surface area contributed by atoms with Gasteiger partial charge >= 0.3 is 0 Å².